The molecule has 0 amide bonds. The highest BCUT2D eigenvalue weighted by atomic mass is 16.3. The maximum Gasteiger partial charge on any atom is 0.271 e. The van der Waals surface area contributed by atoms with Crippen LogP contribution in [0.3, 0.4) is 0 Å². The lowest BCUT2D eigenvalue weighted by Crippen LogP contribution is -1.72. The van der Waals surface area contributed by atoms with Crippen LogP contribution in [-0.4, -0.2) is 6.29 Å². The monoisotopic (exact) mass is 195 g/mol. The van der Waals surface area contributed by atoms with Crippen molar-refractivity contribution in [3.63, 3.8) is 0 Å². The maximum absolute atomic E-state index is 10.2. The van der Waals surface area contributed by atoms with E-state index >= 15 is 0 Å². The van der Waals surface area contributed by atoms with Crippen molar-refractivity contribution in [3.05, 3.63) is 59.5 Å². The van der Waals surface area contributed by atoms with E-state index in [-0.39, 0.29) is 5.76 Å². The highest BCUT2D eigenvalue weighted by molar-refractivity contribution is 5.71. The third-order valence-electron chi connectivity index (χ3n) is 1.81. The Morgan fingerprint density at radius 2 is 1.60 bits per heavy atom. The lowest BCUT2D eigenvalue weighted by atomic mass is 10.2. The van der Waals surface area contributed by atoms with Crippen molar-refractivity contribution in [1.29, 1.82) is 0 Å². The van der Waals surface area contributed by atoms with Crippen LogP contribution in [0.1, 0.15) is 17.1 Å². The van der Waals surface area contributed by atoms with Crippen molar-refractivity contribution < 1.29 is 9.21 Å². The van der Waals surface area contributed by atoms with Crippen LogP contribution in [0.2, 0.25) is 0 Å². The summed E-state index contributed by atoms with van der Waals surface area (Å²) >= 11 is 0. The lowest BCUT2D eigenvalue weighted by molar-refractivity contribution is 0.512. The molecule has 2 nitrogen and oxygen atoms in total. The second kappa shape index (κ2) is 4.30. The van der Waals surface area contributed by atoms with Crippen LogP contribution >= 0.6 is 0 Å². The van der Waals surface area contributed by atoms with Gasteiger partial charge in [-0.3, -0.25) is 4.79 Å². The number of hydrogen-bond acceptors (Lipinski definition) is 2. The Kier molecular flexibility index (Phi) is 2.66. The standard InChI is InChI=1S/C13H7O2/c14-10-13-9-8-12(15-13)7-6-11-4-2-1-3-5-11/h1-5,8-9H. The molecule has 0 bridgehead atoms. The lowest BCUT2D eigenvalue weighted by Gasteiger charge is -1.85. The van der Waals surface area contributed by atoms with Crippen molar-refractivity contribution in [1.82, 2.24) is 0 Å². The zero-order valence-corrected chi connectivity index (χ0v) is 7.86. The van der Waals surface area contributed by atoms with Gasteiger partial charge in [0.05, 0.1) is 0 Å². The van der Waals surface area contributed by atoms with E-state index in [0.717, 1.165) is 5.56 Å². The van der Waals surface area contributed by atoms with E-state index < -0.39 is 0 Å². The van der Waals surface area contributed by atoms with Crippen LogP contribution in [0.4, 0.5) is 0 Å². The van der Waals surface area contributed by atoms with Crippen molar-refractivity contribution >= 4 is 6.29 Å². The number of benzene rings is 1. The zero-order valence-electron chi connectivity index (χ0n) is 7.86. The van der Waals surface area contributed by atoms with Gasteiger partial charge in [0.1, 0.15) is 0 Å². The second-order valence-electron chi connectivity index (χ2n) is 2.88. The largest absolute Gasteiger partial charge is 0.444 e. The van der Waals surface area contributed by atoms with Crippen LogP contribution in [0.5, 0.6) is 0 Å². The minimum atomic E-state index is 0.173. The van der Waals surface area contributed by atoms with E-state index in [1.54, 1.807) is 18.4 Å². The molecule has 0 aliphatic rings. The van der Waals surface area contributed by atoms with E-state index in [4.69, 9.17) is 4.42 Å². The fraction of sp³-hybridized carbons (Fsp3) is 0. The van der Waals surface area contributed by atoms with Gasteiger partial charge in [-0.2, -0.15) is 0 Å². The molecular formula is C13H7O2. The quantitative estimate of drug-likeness (QED) is 0.652. The first-order valence-corrected chi connectivity index (χ1v) is 4.43. The van der Waals surface area contributed by atoms with Gasteiger partial charge in [0, 0.05) is 5.56 Å². The first kappa shape index (κ1) is 9.29. The first-order valence-electron chi connectivity index (χ1n) is 4.43. The van der Waals surface area contributed by atoms with Crippen LogP contribution < -0.4 is 0 Å². The summed E-state index contributed by atoms with van der Waals surface area (Å²) in [5.74, 6) is 6.39. The summed E-state index contributed by atoms with van der Waals surface area (Å²) in [5.41, 5.74) is 0.908. The number of carbonyl (C=O) groups excluding carboxylic acids is 1. The van der Waals surface area contributed by atoms with E-state index in [9.17, 15) is 4.79 Å². The highest BCUT2D eigenvalue weighted by Gasteiger charge is 1.96. The first-order chi connectivity index (χ1) is 7.38. The van der Waals surface area contributed by atoms with Gasteiger partial charge in [0.15, 0.2) is 11.5 Å². The summed E-state index contributed by atoms with van der Waals surface area (Å²) < 4.78 is 5.06. The third-order valence-corrected chi connectivity index (χ3v) is 1.81. The van der Waals surface area contributed by atoms with Gasteiger partial charge in [-0.05, 0) is 30.2 Å². The molecular weight excluding hydrogens is 188 g/mol. The molecule has 1 aromatic carbocycles. The Hall–Kier alpha value is -2.27. The van der Waals surface area contributed by atoms with E-state index in [2.05, 4.69) is 11.8 Å². The number of furan rings is 1. The van der Waals surface area contributed by atoms with E-state index in [0.29, 0.717) is 5.76 Å². The molecule has 0 N–H and O–H groups in total. The fourth-order valence-electron chi connectivity index (χ4n) is 1.12. The summed E-state index contributed by atoms with van der Waals surface area (Å²) in [7, 11) is 0. The Balaban J connectivity index is 2.22. The summed E-state index contributed by atoms with van der Waals surface area (Å²) in [4.78, 5) is 10.2. The van der Waals surface area contributed by atoms with Gasteiger partial charge in [-0.15, -0.1) is 0 Å². The van der Waals surface area contributed by atoms with Gasteiger partial charge in [-0.1, -0.05) is 24.1 Å². The van der Waals surface area contributed by atoms with E-state index in [1.165, 1.54) is 0 Å². The molecule has 0 saturated carbocycles. The maximum atomic E-state index is 10.2. The van der Waals surface area contributed by atoms with Crippen LogP contribution in [0.15, 0.2) is 46.9 Å². The Bertz CT molecular complexity index is 512. The van der Waals surface area contributed by atoms with Crippen molar-refractivity contribution in [2.75, 3.05) is 0 Å². The summed E-state index contributed by atoms with van der Waals surface area (Å²) in [6, 6.07) is 12.8. The van der Waals surface area contributed by atoms with Crippen molar-refractivity contribution in [3.8, 4) is 11.8 Å². The Morgan fingerprint density at radius 1 is 0.867 bits per heavy atom. The molecule has 2 heteroatoms. The van der Waals surface area contributed by atoms with Crippen LogP contribution in [0.25, 0.3) is 0 Å². The predicted octanol–water partition coefficient (Wildman–Crippen LogP) is 2.14. The smallest absolute Gasteiger partial charge is 0.271 e. The molecule has 1 aromatic heterocycles. The number of hydrogen-bond donors (Lipinski definition) is 0. The molecule has 0 unspecified atom stereocenters. The Labute approximate surface area is 87.5 Å². The van der Waals surface area contributed by atoms with Gasteiger partial charge >= 0.3 is 0 Å². The molecule has 0 fully saturated rings. The Morgan fingerprint density at radius 3 is 2.27 bits per heavy atom. The minimum Gasteiger partial charge on any atom is -0.444 e. The fourth-order valence-corrected chi connectivity index (χ4v) is 1.12. The molecule has 0 atom stereocenters. The second-order valence-corrected chi connectivity index (χ2v) is 2.88. The zero-order chi connectivity index (χ0) is 10.5. The van der Waals surface area contributed by atoms with Crippen molar-refractivity contribution in [2.24, 2.45) is 0 Å². The number of rotatable bonds is 1. The normalized spacial score (nSPS) is 9.07. The topological polar surface area (TPSA) is 30.2 Å². The van der Waals surface area contributed by atoms with Gasteiger partial charge in [-0.25, -0.2) is 0 Å². The summed E-state index contributed by atoms with van der Waals surface area (Å²) in [6.45, 7) is 0. The molecule has 0 aliphatic carbocycles. The van der Waals surface area contributed by atoms with Gasteiger partial charge < -0.3 is 4.42 Å². The molecule has 1 heterocycles. The van der Waals surface area contributed by atoms with Crippen molar-refractivity contribution in [2.45, 2.75) is 0 Å². The SMILES string of the molecule is O=[C]c1ccc(C#Cc2ccccc2)o1. The molecule has 15 heavy (non-hydrogen) atoms. The molecule has 2 aromatic rings. The molecule has 0 aliphatic heterocycles. The predicted molar refractivity (Wildman–Crippen MR) is 55.9 cm³/mol. The molecule has 1 radical (unpaired) electrons. The highest BCUT2D eigenvalue weighted by Crippen LogP contribution is 2.04. The van der Waals surface area contributed by atoms with Crippen LogP contribution in [-0.2, 0) is 4.79 Å². The average Bonchev–Trinajstić information content (AvgIpc) is 2.76. The van der Waals surface area contributed by atoms with Gasteiger partial charge in [0.25, 0.3) is 6.29 Å². The van der Waals surface area contributed by atoms with E-state index in [1.807, 2.05) is 30.3 Å². The van der Waals surface area contributed by atoms with Gasteiger partial charge in [0.2, 0.25) is 0 Å². The summed E-state index contributed by atoms with van der Waals surface area (Å²) in [5, 5.41) is 0. The van der Waals surface area contributed by atoms with Crippen LogP contribution in [0, 0.1) is 11.8 Å². The third kappa shape index (κ3) is 2.35. The summed E-state index contributed by atoms with van der Waals surface area (Å²) in [6.07, 6.45) is 1.66. The molecule has 71 valence electrons. The molecule has 2 rings (SSSR count). The molecule has 0 spiro atoms. The molecule has 0 saturated heterocycles. The average molecular weight is 195 g/mol. The minimum absolute atomic E-state index is 0.173.